The molecule has 0 bridgehead atoms. The molecule has 0 spiro atoms. The molecule has 2 rings (SSSR count). The van der Waals surface area contributed by atoms with Crippen LogP contribution in [0.15, 0.2) is 24.7 Å². The Bertz CT molecular complexity index is 593. The first-order valence-corrected chi connectivity index (χ1v) is 6.56. The van der Waals surface area contributed by atoms with E-state index in [0.29, 0.717) is 17.8 Å². The Balaban J connectivity index is 1.84. The van der Waals surface area contributed by atoms with Crippen molar-refractivity contribution in [2.75, 3.05) is 13.2 Å². The van der Waals surface area contributed by atoms with Crippen LogP contribution in [0.4, 0.5) is 0 Å². The first-order chi connectivity index (χ1) is 9.29. The number of thiophene rings is 1. The third kappa shape index (κ3) is 3.95. The van der Waals surface area contributed by atoms with Crippen LogP contribution in [0.3, 0.4) is 0 Å². The zero-order valence-corrected chi connectivity index (χ0v) is 11.0. The molecule has 0 fully saturated rings. The number of aliphatic hydroxyl groups excluding tert-OH is 1. The van der Waals surface area contributed by atoms with Gasteiger partial charge in [-0.1, -0.05) is 11.8 Å². The molecule has 0 aliphatic heterocycles. The molecule has 0 unspecified atom stereocenters. The van der Waals surface area contributed by atoms with Crippen molar-refractivity contribution in [1.29, 1.82) is 0 Å². The lowest BCUT2D eigenvalue weighted by atomic mass is 10.3. The third-order valence-electron chi connectivity index (χ3n) is 2.36. The Kier molecular flexibility index (Phi) is 4.72. The van der Waals surface area contributed by atoms with Gasteiger partial charge in [-0.25, -0.2) is 4.98 Å². The standard InChI is InChI=1S/C13H13N3O2S/c17-7-1-2-11-3-4-12(19-11)13(18)15-6-5-10-8-14-9-16-10/h3-4,8-9,17H,5-7H2,(H,14,16)(H,15,18). The van der Waals surface area contributed by atoms with Crippen LogP contribution in [0.25, 0.3) is 0 Å². The second-order valence-electron chi connectivity index (χ2n) is 3.71. The topological polar surface area (TPSA) is 78.0 Å². The molecule has 19 heavy (non-hydrogen) atoms. The Morgan fingerprint density at radius 2 is 2.42 bits per heavy atom. The number of carbonyl (C=O) groups excluding carboxylic acids is 1. The fraction of sp³-hybridized carbons (Fsp3) is 0.231. The largest absolute Gasteiger partial charge is 0.384 e. The van der Waals surface area contributed by atoms with Crippen molar-refractivity contribution in [2.24, 2.45) is 0 Å². The van der Waals surface area contributed by atoms with Crippen molar-refractivity contribution in [3.05, 3.63) is 40.1 Å². The SMILES string of the molecule is O=C(NCCc1cnc[nH]1)c1ccc(C#CCO)s1. The monoisotopic (exact) mass is 275 g/mol. The lowest BCUT2D eigenvalue weighted by Crippen LogP contribution is -2.24. The van der Waals surface area contributed by atoms with Gasteiger partial charge in [-0.2, -0.15) is 0 Å². The van der Waals surface area contributed by atoms with Crippen LogP contribution in [0.1, 0.15) is 20.2 Å². The van der Waals surface area contributed by atoms with E-state index in [2.05, 4.69) is 27.1 Å². The van der Waals surface area contributed by atoms with Gasteiger partial charge in [0.25, 0.3) is 5.91 Å². The molecular weight excluding hydrogens is 262 g/mol. The summed E-state index contributed by atoms with van der Waals surface area (Å²) in [6.07, 6.45) is 4.07. The highest BCUT2D eigenvalue weighted by Crippen LogP contribution is 2.15. The Hall–Kier alpha value is -2.10. The van der Waals surface area contributed by atoms with E-state index in [1.165, 1.54) is 11.3 Å². The van der Waals surface area contributed by atoms with Gasteiger partial charge in [-0.05, 0) is 12.1 Å². The summed E-state index contributed by atoms with van der Waals surface area (Å²) in [5.41, 5.74) is 0.987. The van der Waals surface area contributed by atoms with Gasteiger partial charge >= 0.3 is 0 Å². The minimum absolute atomic E-state index is 0.110. The molecule has 0 radical (unpaired) electrons. The van der Waals surface area contributed by atoms with Gasteiger partial charge in [-0.15, -0.1) is 11.3 Å². The van der Waals surface area contributed by atoms with Crippen molar-refractivity contribution < 1.29 is 9.90 Å². The summed E-state index contributed by atoms with van der Waals surface area (Å²) in [6.45, 7) is 0.375. The molecule has 0 saturated heterocycles. The van der Waals surface area contributed by atoms with Crippen LogP contribution < -0.4 is 5.32 Å². The summed E-state index contributed by atoms with van der Waals surface area (Å²) >= 11 is 1.31. The van der Waals surface area contributed by atoms with Crippen LogP contribution in [-0.4, -0.2) is 34.1 Å². The second-order valence-corrected chi connectivity index (χ2v) is 4.79. The number of aromatic nitrogens is 2. The molecule has 0 saturated carbocycles. The maximum absolute atomic E-state index is 11.8. The van der Waals surface area contributed by atoms with Crippen LogP contribution in [-0.2, 0) is 6.42 Å². The predicted molar refractivity (Wildman–Crippen MR) is 72.9 cm³/mol. The Morgan fingerprint density at radius 3 is 3.16 bits per heavy atom. The van der Waals surface area contributed by atoms with E-state index in [4.69, 9.17) is 5.11 Å². The zero-order chi connectivity index (χ0) is 13.5. The number of aliphatic hydroxyl groups is 1. The fourth-order valence-corrected chi connectivity index (χ4v) is 2.27. The average Bonchev–Trinajstić information content (AvgIpc) is 3.07. The molecule has 2 aromatic rings. The number of imidazole rings is 1. The quantitative estimate of drug-likeness (QED) is 0.722. The lowest BCUT2D eigenvalue weighted by molar-refractivity contribution is 0.0958. The Labute approximate surface area is 114 Å². The number of nitrogens with one attached hydrogen (secondary N) is 2. The first-order valence-electron chi connectivity index (χ1n) is 5.74. The van der Waals surface area contributed by atoms with Gasteiger partial charge < -0.3 is 15.4 Å². The Morgan fingerprint density at radius 1 is 1.53 bits per heavy atom. The maximum Gasteiger partial charge on any atom is 0.261 e. The van der Waals surface area contributed by atoms with Gasteiger partial charge in [0, 0.05) is 24.9 Å². The van der Waals surface area contributed by atoms with E-state index in [9.17, 15) is 4.79 Å². The first kappa shape index (κ1) is 13.3. The van der Waals surface area contributed by atoms with Crippen LogP contribution in [0.2, 0.25) is 0 Å². The number of rotatable bonds is 4. The number of nitrogens with zero attached hydrogens (tertiary/aromatic N) is 1. The van der Waals surface area contributed by atoms with Crippen molar-refractivity contribution in [3.63, 3.8) is 0 Å². The van der Waals surface area contributed by atoms with Crippen molar-refractivity contribution in [1.82, 2.24) is 15.3 Å². The van der Waals surface area contributed by atoms with E-state index >= 15 is 0 Å². The van der Waals surface area contributed by atoms with E-state index in [1.807, 2.05) is 0 Å². The second kappa shape index (κ2) is 6.73. The van der Waals surface area contributed by atoms with E-state index in [1.54, 1.807) is 24.7 Å². The molecule has 0 aliphatic rings. The summed E-state index contributed by atoms with van der Waals surface area (Å²) in [5.74, 6) is 5.22. The van der Waals surface area contributed by atoms with Crippen molar-refractivity contribution in [3.8, 4) is 11.8 Å². The average molecular weight is 275 g/mol. The van der Waals surface area contributed by atoms with E-state index < -0.39 is 0 Å². The van der Waals surface area contributed by atoms with Crippen molar-refractivity contribution >= 4 is 17.2 Å². The number of carbonyl (C=O) groups is 1. The van der Waals surface area contributed by atoms with Gasteiger partial charge in [0.2, 0.25) is 0 Å². The lowest BCUT2D eigenvalue weighted by Gasteiger charge is -2.01. The third-order valence-corrected chi connectivity index (χ3v) is 3.35. The van der Waals surface area contributed by atoms with Gasteiger partial charge in [0.1, 0.15) is 6.61 Å². The minimum Gasteiger partial charge on any atom is -0.384 e. The molecule has 0 aliphatic carbocycles. The summed E-state index contributed by atoms with van der Waals surface area (Å²) in [5, 5.41) is 11.4. The molecule has 2 aromatic heterocycles. The molecule has 2 heterocycles. The zero-order valence-electron chi connectivity index (χ0n) is 10.1. The van der Waals surface area contributed by atoms with E-state index in [-0.39, 0.29) is 12.5 Å². The van der Waals surface area contributed by atoms with E-state index in [0.717, 1.165) is 10.6 Å². The number of aromatic amines is 1. The van der Waals surface area contributed by atoms with Crippen molar-refractivity contribution in [2.45, 2.75) is 6.42 Å². The number of H-pyrrole nitrogens is 1. The highest BCUT2D eigenvalue weighted by molar-refractivity contribution is 7.14. The van der Waals surface area contributed by atoms with Crippen LogP contribution in [0, 0.1) is 11.8 Å². The highest BCUT2D eigenvalue weighted by atomic mass is 32.1. The highest BCUT2D eigenvalue weighted by Gasteiger charge is 2.07. The summed E-state index contributed by atoms with van der Waals surface area (Å²) < 4.78 is 0. The normalized spacial score (nSPS) is 9.74. The number of amides is 1. The molecule has 1 amide bonds. The predicted octanol–water partition coefficient (Wildman–Crippen LogP) is 0.787. The van der Waals surface area contributed by atoms with Crippen LogP contribution >= 0.6 is 11.3 Å². The molecule has 0 atom stereocenters. The smallest absolute Gasteiger partial charge is 0.261 e. The van der Waals surface area contributed by atoms with Gasteiger partial charge in [0.15, 0.2) is 0 Å². The minimum atomic E-state index is -0.177. The molecule has 6 heteroatoms. The number of hydrogen-bond acceptors (Lipinski definition) is 4. The summed E-state index contributed by atoms with van der Waals surface area (Å²) in [4.78, 5) is 20.1. The molecule has 5 nitrogen and oxygen atoms in total. The molecule has 98 valence electrons. The van der Waals surface area contributed by atoms with Crippen LogP contribution in [0.5, 0.6) is 0 Å². The maximum atomic E-state index is 11.8. The molecular formula is C13H13N3O2S. The molecule has 0 aromatic carbocycles. The van der Waals surface area contributed by atoms with Gasteiger partial charge in [0.05, 0.1) is 16.1 Å². The molecule has 3 N–H and O–H groups in total. The van der Waals surface area contributed by atoms with Gasteiger partial charge in [-0.3, -0.25) is 4.79 Å². The summed E-state index contributed by atoms with van der Waals surface area (Å²) in [7, 11) is 0. The number of hydrogen-bond donors (Lipinski definition) is 3. The summed E-state index contributed by atoms with van der Waals surface area (Å²) in [6, 6.07) is 3.51. The fourth-order valence-electron chi connectivity index (χ4n) is 1.47.